The predicted octanol–water partition coefficient (Wildman–Crippen LogP) is 2.99. The van der Waals surface area contributed by atoms with E-state index < -0.39 is 24.2 Å². The molecule has 96 valence electrons. The fourth-order valence-corrected chi connectivity index (χ4v) is 1.53. The molecule has 0 saturated carbocycles. The molecule has 0 amide bonds. The van der Waals surface area contributed by atoms with Crippen molar-refractivity contribution in [3.63, 3.8) is 0 Å². The summed E-state index contributed by atoms with van der Waals surface area (Å²) in [4.78, 5) is 3.58. The van der Waals surface area contributed by atoms with Crippen LogP contribution >= 0.6 is 0 Å². The summed E-state index contributed by atoms with van der Waals surface area (Å²) in [5.41, 5.74) is -1.79. The molecule has 0 radical (unpaired) electrons. The molecule has 1 N–H and O–H groups in total. The van der Waals surface area contributed by atoms with E-state index in [1.54, 1.807) is 0 Å². The minimum absolute atomic E-state index is 0.0202. The maximum absolute atomic E-state index is 13.8. The molecule has 2 aromatic rings. The topological polar surface area (TPSA) is 46.3 Å². The maximum Gasteiger partial charge on any atom is 0.419 e. The van der Waals surface area contributed by atoms with E-state index in [1.165, 1.54) is 0 Å². The Labute approximate surface area is 98.7 Å². The maximum atomic E-state index is 13.8. The number of hydrogen-bond donors (Lipinski definition) is 1. The van der Waals surface area contributed by atoms with Crippen LogP contribution in [0.1, 0.15) is 11.3 Å². The number of rotatable bonds is 2. The predicted molar refractivity (Wildman–Crippen MR) is 52.8 cm³/mol. The Balaban J connectivity index is 2.60. The lowest BCUT2D eigenvalue weighted by atomic mass is 10.1. The van der Waals surface area contributed by atoms with E-state index in [0.29, 0.717) is 6.07 Å². The van der Waals surface area contributed by atoms with Crippen LogP contribution in [0.3, 0.4) is 0 Å². The lowest BCUT2D eigenvalue weighted by molar-refractivity contribution is -0.139. The van der Waals surface area contributed by atoms with E-state index in [9.17, 15) is 17.6 Å². The minimum atomic E-state index is -4.79. The van der Waals surface area contributed by atoms with Crippen molar-refractivity contribution in [2.75, 3.05) is 0 Å². The van der Waals surface area contributed by atoms with E-state index in [4.69, 9.17) is 9.52 Å². The molecule has 0 fully saturated rings. The van der Waals surface area contributed by atoms with E-state index in [0.717, 1.165) is 18.5 Å². The number of hydrogen-bond acceptors (Lipinski definition) is 3. The van der Waals surface area contributed by atoms with Crippen molar-refractivity contribution in [2.24, 2.45) is 0 Å². The highest BCUT2D eigenvalue weighted by Crippen LogP contribution is 2.36. The smallest absolute Gasteiger partial charge is 0.419 e. The highest BCUT2D eigenvalue weighted by Gasteiger charge is 2.35. The molecule has 3 nitrogen and oxygen atoms in total. The van der Waals surface area contributed by atoms with Gasteiger partial charge in [0.15, 0.2) is 12.2 Å². The Hall–Kier alpha value is -1.89. The fraction of sp³-hybridized carbons (Fsp3) is 0.182. The monoisotopic (exact) mass is 261 g/mol. The highest BCUT2D eigenvalue weighted by atomic mass is 19.4. The van der Waals surface area contributed by atoms with Gasteiger partial charge in [-0.1, -0.05) is 6.07 Å². The zero-order valence-corrected chi connectivity index (χ0v) is 8.83. The fourth-order valence-electron chi connectivity index (χ4n) is 1.53. The molecule has 1 heterocycles. The third-order valence-corrected chi connectivity index (χ3v) is 2.34. The molecule has 0 aliphatic rings. The van der Waals surface area contributed by atoms with Crippen molar-refractivity contribution in [3.05, 3.63) is 41.7 Å². The molecule has 0 aliphatic heterocycles. The number of alkyl halides is 3. The van der Waals surface area contributed by atoms with Gasteiger partial charge in [-0.25, -0.2) is 9.37 Å². The summed E-state index contributed by atoms with van der Waals surface area (Å²) in [6.07, 6.45) is -3.86. The Morgan fingerprint density at radius 1 is 1.28 bits per heavy atom. The van der Waals surface area contributed by atoms with Crippen molar-refractivity contribution < 1.29 is 27.1 Å². The van der Waals surface area contributed by atoms with Gasteiger partial charge in [0.25, 0.3) is 0 Å². The molecule has 1 aromatic carbocycles. The van der Waals surface area contributed by atoms with Gasteiger partial charge in [0.1, 0.15) is 11.5 Å². The van der Waals surface area contributed by atoms with Crippen molar-refractivity contribution in [2.45, 2.75) is 12.8 Å². The third kappa shape index (κ3) is 2.08. The Morgan fingerprint density at radius 3 is 2.61 bits per heavy atom. The number of benzene rings is 1. The summed E-state index contributed by atoms with van der Waals surface area (Å²) in [5, 5.41) is 8.92. The third-order valence-electron chi connectivity index (χ3n) is 2.34. The zero-order chi connectivity index (χ0) is 13.3. The van der Waals surface area contributed by atoms with Gasteiger partial charge in [-0.15, -0.1) is 0 Å². The van der Waals surface area contributed by atoms with Gasteiger partial charge >= 0.3 is 6.18 Å². The first-order valence-electron chi connectivity index (χ1n) is 4.84. The number of halogens is 4. The van der Waals surface area contributed by atoms with Crippen molar-refractivity contribution in [3.8, 4) is 11.3 Å². The molecule has 0 aliphatic carbocycles. The zero-order valence-electron chi connectivity index (χ0n) is 8.83. The summed E-state index contributed by atoms with van der Waals surface area (Å²) in [7, 11) is 0. The molecule has 0 atom stereocenters. The number of nitrogens with zero attached hydrogens (tertiary/aromatic N) is 1. The van der Waals surface area contributed by atoms with Crippen LogP contribution in [0.4, 0.5) is 17.6 Å². The van der Waals surface area contributed by atoms with Crippen LogP contribution in [0, 0.1) is 5.82 Å². The number of aliphatic hydroxyl groups excluding tert-OH is 1. The van der Waals surface area contributed by atoms with Crippen LogP contribution < -0.4 is 0 Å². The van der Waals surface area contributed by atoms with Gasteiger partial charge in [0, 0.05) is 0 Å². The molecular weight excluding hydrogens is 254 g/mol. The molecule has 18 heavy (non-hydrogen) atoms. The molecule has 0 spiro atoms. The average Bonchev–Trinajstić information content (AvgIpc) is 2.75. The second-order valence-electron chi connectivity index (χ2n) is 3.45. The first-order valence-corrected chi connectivity index (χ1v) is 4.84. The SMILES string of the molecule is OCc1ncoc1-c1cccc(C(F)(F)F)c1F. The summed E-state index contributed by atoms with van der Waals surface area (Å²) in [6.45, 7) is -0.554. The molecule has 0 unspecified atom stereocenters. The van der Waals surface area contributed by atoms with Gasteiger partial charge in [-0.3, -0.25) is 0 Å². The summed E-state index contributed by atoms with van der Waals surface area (Å²) in [6, 6.07) is 2.82. The van der Waals surface area contributed by atoms with E-state index in [-0.39, 0.29) is 17.0 Å². The van der Waals surface area contributed by atoms with Gasteiger partial charge in [0.2, 0.25) is 0 Å². The van der Waals surface area contributed by atoms with Gasteiger partial charge in [-0.05, 0) is 12.1 Å². The molecule has 1 aromatic heterocycles. The van der Waals surface area contributed by atoms with Crippen molar-refractivity contribution in [1.82, 2.24) is 4.98 Å². The Bertz CT molecular complexity index is 562. The highest BCUT2D eigenvalue weighted by molar-refractivity contribution is 5.61. The second kappa shape index (κ2) is 4.41. The lowest BCUT2D eigenvalue weighted by Crippen LogP contribution is -2.08. The Kier molecular flexibility index (Phi) is 3.08. The molecule has 7 heteroatoms. The van der Waals surface area contributed by atoms with Gasteiger partial charge in [-0.2, -0.15) is 13.2 Å². The van der Waals surface area contributed by atoms with Crippen molar-refractivity contribution in [1.29, 1.82) is 0 Å². The van der Waals surface area contributed by atoms with Crippen molar-refractivity contribution >= 4 is 0 Å². The first-order chi connectivity index (χ1) is 8.45. The molecule has 2 rings (SSSR count). The number of aromatic nitrogens is 1. The van der Waals surface area contributed by atoms with Crippen LogP contribution in [-0.4, -0.2) is 10.1 Å². The van der Waals surface area contributed by atoms with E-state index >= 15 is 0 Å². The van der Waals surface area contributed by atoms with Gasteiger partial charge in [0.05, 0.1) is 17.7 Å². The number of oxazole rings is 1. The number of aliphatic hydroxyl groups is 1. The summed E-state index contributed by atoms with van der Waals surface area (Å²) < 4.78 is 56.1. The molecule has 0 bridgehead atoms. The molecular formula is C11H7F4NO2. The minimum Gasteiger partial charge on any atom is -0.443 e. The van der Waals surface area contributed by atoms with Gasteiger partial charge < -0.3 is 9.52 Å². The standard InChI is InChI=1S/C11H7F4NO2/c12-9-6(10-8(4-17)16-5-18-10)2-1-3-7(9)11(13,14)15/h1-3,5,17H,4H2. The van der Waals surface area contributed by atoms with Crippen LogP contribution in [0.15, 0.2) is 29.0 Å². The normalized spacial score (nSPS) is 11.8. The van der Waals surface area contributed by atoms with Crippen LogP contribution in [-0.2, 0) is 12.8 Å². The first kappa shape index (κ1) is 12.6. The Morgan fingerprint density at radius 2 is 2.00 bits per heavy atom. The molecule has 0 saturated heterocycles. The largest absolute Gasteiger partial charge is 0.443 e. The van der Waals surface area contributed by atoms with E-state index in [2.05, 4.69) is 4.98 Å². The van der Waals surface area contributed by atoms with Crippen LogP contribution in [0.2, 0.25) is 0 Å². The summed E-state index contributed by atoms with van der Waals surface area (Å²) >= 11 is 0. The van der Waals surface area contributed by atoms with E-state index in [1.807, 2.05) is 0 Å². The second-order valence-corrected chi connectivity index (χ2v) is 3.45. The average molecular weight is 261 g/mol. The van der Waals surface area contributed by atoms with Crippen LogP contribution in [0.5, 0.6) is 0 Å². The lowest BCUT2D eigenvalue weighted by Gasteiger charge is -2.10. The van der Waals surface area contributed by atoms with Crippen LogP contribution in [0.25, 0.3) is 11.3 Å². The quantitative estimate of drug-likeness (QED) is 0.845. The summed E-state index contributed by atoms with van der Waals surface area (Å²) in [5.74, 6) is -1.66.